The van der Waals surface area contributed by atoms with Gasteiger partial charge in [-0.2, -0.15) is 0 Å². The quantitative estimate of drug-likeness (QED) is 0.744. The molecule has 0 aliphatic carbocycles. The van der Waals surface area contributed by atoms with E-state index in [1.807, 2.05) is 25.1 Å². The van der Waals surface area contributed by atoms with Crippen LogP contribution in [-0.4, -0.2) is 36.1 Å². The van der Waals surface area contributed by atoms with Crippen molar-refractivity contribution in [2.75, 3.05) is 13.1 Å². The van der Waals surface area contributed by atoms with E-state index in [2.05, 4.69) is 11.8 Å². The van der Waals surface area contributed by atoms with Crippen molar-refractivity contribution in [3.63, 3.8) is 0 Å². The Morgan fingerprint density at radius 2 is 2.10 bits per heavy atom. The Morgan fingerprint density at radius 1 is 1.33 bits per heavy atom. The lowest BCUT2D eigenvalue weighted by Gasteiger charge is -2.36. The summed E-state index contributed by atoms with van der Waals surface area (Å²) in [5, 5.41) is 0. The molecule has 0 radical (unpaired) electrons. The predicted octanol–water partition coefficient (Wildman–Crippen LogP) is 3.89. The van der Waals surface area contributed by atoms with Gasteiger partial charge in [-0.1, -0.05) is 31.5 Å². The number of nitrogens with zero attached hydrogens (tertiary/aromatic N) is 1. The van der Waals surface area contributed by atoms with Gasteiger partial charge in [0.05, 0.1) is 5.56 Å². The number of likely N-dealkylation sites (tertiary alicyclic amines) is 1. The lowest BCUT2D eigenvalue weighted by Crippen LogP contribution is -2.42. The maximum atomic E-state index is 12.1. The van der Waals surface area contributed by atoms with Crippen LogP contribution >= 0.6 is 0 Å². The van der Waals surface area contributed by atoms with Gasteiger partial charge in [0.25, 0.3) is 0 Å². The van der Waals surface area contributed by atoms with Crippen molar-refractivity contribution < 1.29 is 9.53 Å². The molecule has 1 aromatic rings. The first-order valence-corrected chi connectivity index (χ1v) is 8.20. The van der Waals surface area contributed by atoms with Gasteiger partial charge in [0.1, 0.15) is 6.10 Å². The zero-order chi connectivity index (χ0) is 15.1. The number of benzene rings is 1. The standard InChI is InChI=1S/C18H27NO2/c1-3-12-19-13-8-7-11-17(19)14-15(2)21-18(20)16-9-5-4-6-10-16/h4-6,9-10,15,17H,3,7-8,11-14H2,1-2H3. The largest absolute Gasteiger partial charge is 0.459 e. The van der Waals surface area contributed by atoms with Gasteiger partial charge < -0.3 is 9.64 Å². The van der Waals surface area contributed by atoms with E-state index < -0.39 is 0 Å². The van der Waals surface area contributed by atoms with Crippen molar-refractivity contribution in [2.24, 2.45) is 0 Å². The SMILES string of the molecule is CCCN1CCCCC1CC(C)OC(=O)c1ccccc1. The third kappa shape index (κ3) is 4.85. The van der Waals surface area contributed by atoms with E-state index in [0.29, 0.717) is 11.6 Å². The Labute approximate surface area is 128 Å². The van der Waals surface area contributed by atoms with Crippen LogP contribution in [0.1, 0.15) is 56.3 Å². The Morgan fingerprint density at radius 3 is 2.81 bits per heavy atom. The molecule has 3 nitrogen and oxygen atoms in total. The molecule has 2 rings (SSSR count). The first-order chi connectivity index (χ1) is 10.2. The second-order valence-electron chi connectivity index (χ2n) is 6.00. The minimum absolute atomic E-state index is 0.0276. The highest BCUT2D eigenvalue weighted by atomic mass is 16.5. The van der Waals surface area contributed by atoms with Gasteiger partial charge in [0.2, 0.25) is 0 Å². The van der Waals surface area contributed by atoms with Gasteiger partial charge in [-0.25, -0.2) is 4.79 Å². The predicted molar refractivity (Wildman–Crippen MR) is 85.4 cm³/mol. The Balaban J connectivity index is 1.85. The van der Waals surface area contributed by atoms with Gasteiger partial charge in [-0.3, -0.25) is 0 Å². The van der Waals surface area contributed by atoms with E-state index in [1.165, 1.54) is 32.2 Å². The minimum atomic E-state index is -0.207. The number of ether oxygens (including phenoxy) is 1. The molecule has 1 saturated heterocycles. The molecule has 0 N–H and O–H groups in total. The highest BCUT2D eigenvalue weighted by Gasteiger charge is 2.24. The normalized spacial score (nSPS) is 21.0. The lowest BCUT2D eigenvalue weighted by atomic mass is 9.97. The molecule has 21 heavy (non-hydrogen) atoms. The molecule has 1 fully saturated rings. The number of esters is 1. The van der Waals surface area contributed by atoms with E-state index >= 15 is 0 Å². The first-order valence-electron chi connectivity index (χ1n) is 8.20. The molecule has 3 heteroatoms. The van der Waals surface area contributed by atoms with Crippen LogP contribution in [0.15, 0.2) is 30.3 Å². The summed E-state index contributed by atoms with van der Waals surface area (Å²) in [4.78, 5) is 14.6. The fraction of sp³-hybridized carbons (Fsp3) is 0.611. The van der Waals surface area contributed by atoms with E-state index in [0.717, 1.165) is 13.0 Å². The number of rotatable bonds is 6. The maximum absolute atomic E-state index is 12.1. The van der Waals surface area contributed by atoms with Crippen molar-refractivity contribution in [2.45, 2.75) is 58.1 Å². The van der Waals surface area contributed by atoms with Gasteiger partial charge in [0, 0.05) is 6.04 Å². The maximum Gasteiger partial charge on any atom is 0.338 e. The minimum Gasteiger partial charge on any atom is -0.459 e. The lowest BCUT2D eigenvalue weighted by molar-refractivity contribution is 0.0210. The van der Waals surface area contributed by atoms with Crippen LogP contribution in [-0.2, 0) is 4.74 Å². The molecular weight excluding hydrogens is 262 g/mol. The van der Waals surface area contributed by atoms with Crippen LogP contribution in [0.2, 0.25) is 0 Å². The smallest absolute Gasteiger partial charge is 0.338 e. The fourth-order valence-electron chi connectivity index (χ4n) is 3.16. The van der Waals surface area contributed by atoms with Crippen molar-refractivity contribution in [3.8, 4) is 0 Å². The van der Waals surface area contributed by atoms with Gasteiger partial charge in [0.15, 0.2) is 0 Å². The van der Waals surface area contributed by atoms with Gasteiger partial charge in [-0.15, -0.1) is 0 Å². The first kappa shape index (κ1) is 16.0. The molecule has 0 amide bonds. The van der Waals surface area contributed by atoms with Crippen LogP contribution in [0.5, 0.6) is 0 Å². The van der Waals surface area contributed by atoms with E-state index in [1.54, 1.807) is 12.1 Å². The Bertz CT molecular complexity index is 430. The molecular formula is C18H27NO2. The number of piperidine rings is 1. The average molecular weight is 289 g/mol. The van der Waals surface area contributed by atoms with E-state index in [9.17, 15) is 4.79 Å². The van der Waals surface area contributed by atoms with E-state index in [4.69, 9.17) is 4.74 Å². The molecule has 2 atom stereocenters. The van der Waals surface area contributed by atoms with Crippen molar-refractivity contribution in [1.29, 1.82) is 0 Å². The summed E-state index contributed by atoms with van der Waals surface area (Å²) in [6.07, 6.45) is 5.93. The third-order valence-electron chi connectivity index (χ3n) is 4.18. The number of hydrogen-bond acceptors (Lipinski definition) is 3. The summed E-state index contributed by atoms with van der Waals surface area (Å²) >= 11 is 0. The number of hydrogen-bond donors (Lipinski definition) is 0. The topological polar surface area (TPSA) is 29.5 Å². The van der Waals surface area contributed by atoms with Gasteiger partial charge in [-0.05, 0) is 57.8 Å². The van der Waals surface area contributed by atoms with Crippen LogP contribution in [0.4, 0.5) is 0 Å². The molecule has 0 spiro atoms. The molecule has 116 valence electrons. The summed E-state index contributed by atoms with van der Waals surface area (Å²) in [5.41, 5.74) is 0.637. The molecule has 1 heterocycles. The second-order valence-corrected chi connectivity index (χ2v) is 6.00. The third-order valence-corrected chi connectivity index (χ3v) is 4.18. The number of carbonyl (C=O) groups excluding carboxylic acids is 1. The highest BCUT2D eigenvalue weighted by molar-refractivity contribution is 5.89. The molecule has 0 aromatic heterocycles. The van der Waals surface area contributed by atoms with E-state index in [-0.39, 0.29) is 12.1 Å². The van der Waals surface area contributed by atoms with Crippen LogP contribution in [0.3, 0.4) is 0 Å². The number of carbonyl (C=O) groups is 1. The molecule has 1 aliphatic rings. The highest BCUT2D eigenvalue weighted by Crippen LogP contribution is 2.22. The van der Waals surface area contributed by atoms with Gasteiger partial charge >= 0.3 is 5.97 Å². The molecule has 1 aromatic carbocycles. The van der Waals surface area contributed by atoms with Crippen molar-refractivity contribution >= 4 is 5.97 Å². The zero-order valence-electron chi connectivity index (χ0n) is 13.3. The van der Waals surface area contributed by atoms with Crippen LogP contribution < -0.4 is 0 Å². The Hall–Kier alpha value is -1.35. The summed E-state index contributed by atoms with van der Waals surface area (Å²) in [6, 6.07) is 9.82. The monoisotopic (exact) mass is 289 g/mol. The zero-order valence-corrected chi connectivity index (χ0v) is 13.3. The molecule has 2 unspecified atom stereocenters. The summed E-state index contributed by atoms with van der Waals surface area (Å²) in [6.45, 7) is 6.59. The van der Waals surface area contributed by atoms with Crippen molar-refractivity contribution in [3.05, 3.63) is 35.9 Å². The van der Waals surface area contributed by atoms with Crippen molar-refractivity contribution in [1.82, 2.24) is 4.90 Å². The summed E-state index contributed by atoms with van der Waals surface area (Å²) in [7, 11) is 0. The van der Waals surface area contributed by atoms with Crippen LogP contribution in [0.25, 0.3) is 0 Å². The fourth-order valence-corrected chi connectivity index (χ4v) is 3.16. The average Bonchev–Trinajstić information content (AvgIpc) is 2.50. The molecule has 0 bridgehead atoms. The van der Waals surface area contributed by atoms with Crippen LogP contribution in [0, 0.1) is 0 Å². The molecule has 0 saturated carbocycles. The summed E-state index contributed by atoms with van der Waals surface area (Å²) < 4.78 is 5.60. The Kier molecular flexibility index (Phi) is 6.24. The molecule has 1 aliphatic heterocycles. The second kappa shape index (κ2) is 8.18. The summed E-state index contributed by atoms with van der Waals surface area (Å²) in [5.74, 6) is -0.207.